The van der Waals surface area contributed by atoms with E-state index in [0.29, 0.717) is 20.7 Å². The summed E-state index contributed by atoms with van der Waals surface area (Å²) in [7, 11) is 0. The molecule has 2 aromatic rings. The Labute approximate surface area is 135 Å². The first-order valence-electron chi connectivity index (χ1n) is 6.14. The summed E-state index contributed by atoms with van der Waals surface area (Å²) in [5, 5.41) is 5.81. The third kappa shape index (κ3) is 4.58. The minimum absolute atomic E-state index is 0.108. The van der Waals surface area contributed by atoms with Gasteiger partial charge in [0, 0.05) is 15.1 Å². The number of hydrogen-bond donors (Lipinski definition) is 2. The van der Waals surface area contributed by atoms with Crippen LogP contribution in [-0.2, 0) is 4.79 Å². The first-order valence-corrected chi connectivity index (χ1v) is 7.31. The lowest BCUT2D eigenvalue weighted by atomic mass is 10.2. The fourth-order valence-corrected chi connectivity index (χ4v) is 2.42. The zero-order valence-corrected chi connectivity index (χ0v) is 13.2. The zero-order chi connectivity index (χ0) is 15.2. The second-order valence-electron chi connectivity index (χ2n) is 4.22. The van der Waals surface area contributed by atoms with Crippen molar-refractivity contribution in [2.75, 3.05) is 11.9 Å². The molecule has 0 atom stereocenters. The Morgan fingerprint density at radius 2 is 1.81 bits per heavy atom. The molecule has 2 aromatic carbocycles. The van der Waals surface area contributed by atoms with E-state index in [9.17, 15) is 9.59 Å². The number of hydrogen-bond acceptors (Lipinski definition) is 2. The summed E-state index contributed by atoms with van der Waals surface area (Å²) in [6, 6.07) is 13.8. The fourth-order valence-electron chi connectivity index (χ4n) is 1.64. The number of carbonyl (C=O) groups excluding carboxylic acids is 2. The highest BCUT2D eigenvalue weighted by Gasteiger charge is 2.09. The molecule has 0 heterocycles. The van der Waals surface area contributed by atoms with Gasteiger partial charge in [0.15, 0.2) is 0 Å². The van der Waals surface area contributed by atoms with Crippen molar-refractivity contribution in [2.45, 2.75) is 0 Å². The molecule has 0 bridgehead atoms. The molecular formula is C15H12BrClN2O2. The molecule has 0 aliphatic rings. The lowest BCUT2D eigenvalue weighted by Gasteiger charge is -2.09. The van der Waals surface area contributed by atoms with Crippen molar-refractivity contribution in [3.05, 3.63) is 63.6 Å². The van der Waals surface area contributed by atoms with Gasteiger partial charge in [0.1, 0.15) is 0 Å². The van der Waals surface area contributed by atoms with E-state index in [4.69, 9.17) is 11.6 Å². The van der Waals surface area contributed by atoms with E-state index in [-0.39, 0.29) is 18.4 Å². The molecule has 4 nitrogen and oxygen atoms in total. The maximum atomic E-state index is 11.8. The Hall–Kier alpha value is -1.85. The van der Waals surface area contributed by atoms with E-state index in [1.165, 1.54) is 0 Å². The minimum atomic E-state index is -0.317. The van der Waals surface area contributed by atoms with E-state index in [1.807, 2.05) is 6.07 Å². The first-order chi connectivity index (χ1) is 10.1. The van der Waals surface area contributed by atoms with Gasteiger partial charge in [-0.2, -0.15) is 0 Å². The second kappa shape index (κ2) is 7.24. The van der Waals surface area contributed by atoms with E-state index < -0.39 is 0 Å². The van der Waals surface area contributed by atoms with Crippen molar-refractivity contribution >= 4 is 45.0 Å². The monoisotopic (exact) mass is 366 g/mol. The molecule has 2 rings (SSSR count). The van der Waals surface area contributed by atoms with Crippen LogP contribution in [0.3, 0.4) is 0 Å². The van der Waals surface area contributed by atoms with Crippen molar-refractivity contribution in [1.29, 1.82) is 0 Å². The molecular weight excluding hydrogens is 356 g/mol. The summed E-state index contributed by atoms with van der Waals surface area (Å²) < 4.78 is 0.678. The lowest BCUT2D eigenvalue weighted by molar-refractivity contribution is -0.115. The van der Waals surface area contributed by atoms with Gasteiger partial charge < -0.3 is 10.6 Å². The number of nitrogens with one attached hydrogen (secondary N) is 2. The molecule has 0 unspecified atom stereocenters. The second-order valence-corrected chi connectivity index (χ2v) is 5.51. The summed E-state index contributed by atoms with van der Waals surface area (Å²) in [5.41, 5.74) is 1.11. The summed E-state index contributed by atoms with van der Waals surface area (Å²) >= 11 is 9.13. The molecule has 0 radical (unpaired) electrons. The normalized spacial score (nSPS) is 10.0. The third-order valence-electron chi connectivity index (χ3n) is 2.65. The summed E-state index contributed by atoms with van der Waals surface area (Å²) in [6.45, 7) is -0.108. The number of anilines is 1. The van der Waals surface area contributed by atoms with Gasteiger partial charge in [0.2, 0.25) is 5.91 Å². The highest BCUT2D eigenvalue weighted by molar-refractivity contribution is 9.10. The van der Waals surface area contributed by atoms with Gasteiger partial charge in [-0.25, -0.2) is 0 Å². The van der Waals surface area contributed by atoms with Crippen LogP contribution in [0.5, 0.6) is 0 Å². The molecule has 0 spiro atoms. The Kier molecular flexibility index (Phi) is 5.36. The Morgan fingerprint density at radius 3 is 2.48 bits per heavy atom. The van der Waals surface area contributed by atoms with Crippen LogP contribution in [0.25, 0.3) is 0 Å². The predicted octanol–water partition coefficient (Wildman–Crippen LogP) is 3.47. The van der Waals surface area contributed by atoms with Gasteiger partial charge in [0.25, 0.3) is 5.91 Å². The predicted molar refractivity (Wildman–Crippen MR) is 86.6 cm³/mol. The van der Waals surface area contributed by atoms with Crippen molar-refractivity contribution < 1.29 is 9.59 Å². The van der Waals surface area contributed by atoms with Crippen LogP contribution in [0, 0.1) is 0 Å². The minimum Gasteiger partial charge on any atom is -0.343 e. The number of halogens is 2. The maximum Gasteiger partial charge on any atom is 0.251 e. The van der Waals surface area contributed by atoms with E-state index in [0.717, 1.165) is 0 Å². The van der Waals surface area contributed by atoms with Gasteiger partial charge in [0.05, 0.1) is 12.2 Å². The molecule has 21 heavy (non-hydrogen) atoms. The van der Waals surface area contributed by atoms with Crippen molar-refractivity contribution in [1.82, 2.24) is 5.32 Å². The first kappa shape index (κ1) is 15.5. The molecule has 0 aliphatic heterocycles. The summed E-state index contributed by atoms with van der Waals surface area (Å²) in [6.07, 6.45) is 0. The SMILES string of the molecule is O=C(CNC(=O)c1ccccc1)Nc1ccc(Cl)cc1Br. The van der Waals surface area contributed by atoms with Gasteiger partial charge in [-0.1, -0.05) is 29.8 Å². The zero-order valence-electron chi connectivity index (χ0n) is 10.9. The molecule has 2 amide bonds. The molecule has 2 N–H and O–H groups in total. The largest absolute Gasteiger partial charge is 0.343 e. The topological polar surface area (TPSA) is 58.2 Å². The van der Waals surface area contributed by atoms with Gasteiger partial charge in [-0.05, 0) is 46.3 Å². The van der Waals surface area contributed by atoms with Crippen LogP contribution in [0.2, 0.25) is 5.02 Å². The lowest BCUT2D eigenvalue weighted by Crippen LogP contribution is -2.32. The van der Waals surface area contributed by atoms with Gasteiger partial charge in [-0.15, -0.1) is 0 Å². The van der Waals surface area contributed by atoms with E-state index >= 15 is 0 Å². The average molecular weight is 368 g/mol. The Balaban J connectivity index is 1.89. The Bertz CT molecular complexity index is 662. The number of rotatable bonds is 4. The Morgan fingerprint density at radius 1 is 1.10 bits per heavy atom. The van der Waals surface area contributed by atoms with E-state index in [1.54, 1.807) is 42.5 Å². The van der Waals surface area contributed by atoms with Crippen LogP contribution >= 0.6 is 27.5 Å². The van der Waals surface area contributed by atoms with Gasteiger partial charge in [-0.3, -0.25) is 9.59 Å². The molecule has 0 fully saturated rings. The van der Waals surface area contributed by atoms with Crippen LogP contribution in [0.1, 0.15) is 10.4 Å². The van der Waals surface area contributed by atoms with Gasteiger partial charge >= 0.3 is 0 Å². The van der Waals surface area contributed by atoms with Crippen LogP contribution < -0.4 is 10.6 Å². The van der Waals surface area contributed by atoms with Crippen LogP contribution in [0.4, 0.5) is 5.69 Å². The molecule has 6 heteroatoms. The van der Waals surface area contributed by atoms with Crippen molar-refractivity contribution in [3.63, 3.8) is 0 Å². The molecule has 0 saturated heterocycles. The third-order valence-corrected chi connectivity index (χ3v) is 3.54. The highest BCUT2D eigenvalue weighted by Crippen LogP contribution is 2.25. The standard InChI is InChI=1S/C15H12BrClN2O2/c16-12-8-11(17)6-7-13(12)19-14(20)9-18-15(21)10-4-2-1-3-5-10/h1-8H,9H2,(H,18,21)(H,19,20). The quantitative estimate of drug-likeness (QED) is 0.869. The van der Waals surface area contributed by atoms with Crippen molar-refractivity contribution in [3.8, 4) is 0 Å². The molecule has 0 saturated carbocycles. The molecule has 0 aromatic heterocycles. The maximum absolute atomic E-state index is 11.8. The number of amides is 2. The summed E-state index contributed by atoms with van der Waals surface area (Å²) in [4.78, 5) is 23.6. The fraction of sp³-hybridized carbons (Fsp3) is 0.0667. The highest BCUT2D eigenvalue weighted by atomic mass is 79.9. The smallest absolute Gasteiger partial charge is 0.251 e. The number of benzene rings is 2. The number of carbonyl (C=O) groups is 2. The van der Waals surface area contributed by atoms with E-state index in [2.05, 4.69) is 26.6 Å². The van der Waals surface area contributed by atoms with Crippen molar-refractivity contribution in [2.24, 2.45) is 0 Å². The van der Waals surface area contributed by atoms with Crippen LogP contribution in [0.15, 0.2) is 53.0 Å². The summed E-state index contributed by atoms with van der Waals surface area (Å²) in [5.74, 6) is -0.608. The molecule has 108 valence electrons. The van der Waals surface area contributed by atoms with Crippen LogP contribution in [-0.4, -0.2) is 18.4 Å². The average Bonchev–Trinajstić information content (AvgIpc) is 2.48. The molecule has 0 aliphatic carbocycles.